The van der Waals surface area contributed by atoms with Crippen molar-refractivity contribution >= 4 is 29.5 Å². The molecule has 3 aliphatic heterocycles. The predicted octanol–water partition coefficient (Wildman–Crippen LogP) is 1.06. The van der Waals surface area contributed by atoms with Gasteiger partial charge in [-0.1, -0.05) is 11.8 Å². The van der Waals surface area contributed by atoms with Crippen molar-refractivity contribution in [3.8, 4) is 0 Å². The molecule has 148 valence electrons. The van der Waals surface area contributed by atoms with E-state index in [0.29, 0.717) is 5.57 Å². The van der Waals surface area contributed by atoms with Crippen LogP contribution in [0.25, 0.3) is 0 Å². The van der Waals surface area contributed by atoms with Crippen LogP contribution in [-0.4, -0.2) is 53.9 Å². The molecular weight excluding hydrogens is 370 g/mol. The third-order valence-electron chi connectivity index (χ3n) is 4.57. The summed E-state index contributed by atoms with van der Waals surface area (Å²) in [6.07, 6.45) is 3.85. The van der Waals surface area contributed by atoms with Crippen LogP contribution in [0.15, 0.2) is 22.3 Å². The number of hydrogen-bond donors (Lipinski definition) is 2. The summed E-state index contributed by atoms with van der Waals surface area (Å²) >= 11 is 1.38. The summed E-state index contributed by atoms with van der Waals surface area (Å²) in [7, 11) is 0. The van der Waals surface area contributed by atoms with Gasteiger partial charge in [0, 0.05) is 30.1 Å². The molecule has 0 aromatic carbocycles. The number of esters is 1. The maximum atomic E-state index is 12.6. The van der Waals surface area contributed by atoms with Crippen LogP contribution in [0.4, 0.5) is 0 Å². The lowest BCUT2D eigenvalue weighted by Gasteiger charge is -2.37. The van der Waals surface area contributed by atoms with Crippen LogP contribution in [0.3, 0.4) is 0 Å². The van der Waals surface area contributed by atoms with E-state index in [4.69, 9.17) is 9.57 Å². The minimum atomic E-state index is -0.899. The zero-order chi connectivity index (χ0) is 19.6. The summed E-state index contributed by atoms with van der Waals surface area (Å²) in [4.78, 5) is 45.0. The lowest BCUT2D eigenvalue weighted by molar-refractivity contribution is -0.149. The quantitative estimate of drug-likeness (QED) is 0.408. The van der Waals surface area contributed by atoms with Crippen molar-refractivity contribution in [3.05, 3.63) is 22.3 Å². The molecule has 2 atom stereocenters. The van der Waals surface area contributed by atoms with Gasteiger partial charge in [-0.3, -0.25) is 14.4 Å². The normalized spacial score (nSPS) is 23.7. The summed E-state index contributed by atoms with van der Waals surface area (Å²) in [6.45, 7) is 7.33. The summed E-state index contributed by atoms with van der Waals surface area (Å²) in [5.41, 5.74) is 3.52. The Balaban J connectivity index is 1.82. The Bertz CT molecular complexity index is 703. The zero-order valence-electron chi connectivity index (χ0n) is 15.7. The van der Waals surface area contributed by atoms with E-state index in [-0.39, 0.29) is 18.6 Å². The number of nitrogens with one attached hydrogen (secondary N) is 2. The van der Waals surface area contributed by atoms with Gasteiger partial charge in [-0.25, -0.2) is 10.3 Å². The highest BCUT2D eigenvalue weighted by molar-refractivity contribution is 8.04. The molecule has 1 saturated heterocycles. The molecule has 2 unspecified atom stereocenters. The number of carbonyl (C=O) groups excluding carboxylic acids is 3. The second-order valence-corrected chi connectivity index (χ2v) is 8.09. The van der Waals surface area contributed by atoms with Crippen molar-refractivity contribution in [3.63, 3.8) is 0 Å². The topological polar surface area (TPSA) is 97.0 Å². The molecule has 0 aliphatic carbocycles. The van der Waals surface area contributed by atoms with E-state index >= 15 is 0 Å². The number of ether oxygens (including phenoxy) is 1. The molecule has 27 heavy (non-hydrogen) atoms. The molecule has 0 spiro atoms. The maximum absolute atomic E-state index is 12.6. The van der Waals surface area contributed by atoms with Crippen LogP contribution in [0, 0.1) is 5.92 Å². The Hall–Kier alpha value is -2.00. The molecule has 0 aromatic rings. The molecule has 2 amide bonds. The van der Waals surface area contributed by atoms with Crippen LogP contribution in [0.2, 0.25) is 0 Å². The van der Waals surface area contributed by atoms with Crippen LogP contribution >= 0.6 is 11.8 Å². The smallest absolute Gasteiger partial charge is 0.337 e. The predicted molar refractivity (Wildman–Crippen MR) is 99.9 cm³/mol. The van der Waals surface area contributed by atoms with Crippen LogP contribution < -0.4 is 10.8 Å². The van der Waals surface area contributed by atoms with Crippen molar-refractivity contribution in [1.82, 2.24) is 15.7 Å². The lowest BCUT2D eigenvalue weighted by atomic mass is 9.85. The fraction of sp³-hybridized carbons (Fsp3) is 0.611. The molecule has 3 rings (SSSR count). The summed E-state index contributed by atoms with van der Waals surface area (Å²) < 4.78 is 5.24. The van der Waals surface area contributed by atoms with E-state index < -0.39 is 23.2 Å². The average Bonchev–Trinajstić information content (AvgIpc) is 2.97. The summed E-state index contributed by atoms with van der Waals surface area (Å²) in [6, 6.07) is 0. The average molecular weight is 395 g/mol. The first-order chi connectivity index (χ1) is 12.9. The fourth-order valence-electron chi connectivity index (χ4n) is 3.50. The Kier molecular flexibility index (Phi) is 6.11. The van der Waals surface area contributed by atoms with Crippen LogP contribution in [0.5, 0.6) is 0 Å². The van der Waals surface area contributed by atoms with E-state index in [1.54, 1.807) is 20.8 Å². The lowest BCUT2D eigenvalue weighted by Crippen LogP contribution is -2.45. The number of piperidine rings is 1. The molecule has 2 bridgehead atoms. The van der Waals surface area contributed by atoms with Crippen molar-refractivity contribution < 1.29 is 24.0 Å². The number of fused-ring (bicyclic) bond motifs is 4. The zero-order valence-corrected chi connectivity index (χ0v) is 16.6. The molecule has 9 heteroatoms. The van der Waals surface area contributed by atoms with Gasteiger partial charge < -0.3 is 15.0 Å². The molecular formula is C18H25N3O5S. The summed E-state index contributed by atoms with van der Waals surface area (Å²) in [5, 5.41) is 1.99. The van der Waals surface area contributed by atoms with Crippen LogP contribution in [-0.2, 0) is 24.0 Å². The van der Waals surface area contributed by atoms with Gasteiger partial charge in [0.25, 0.3) is 0 Å². The van der Waals surface area contributed by atoms with E-state index in [2.05, 4.69) is 15.7 Å². The van der Waals surface area contributed by atoms with Crippen molar-refractivity contribution in [2.45, 2.75) is 45.1 Å². The number of thioether (sulfide) groups is 1. The SMILES string of the molecule is CCOC(=O)C1=C2C(=CN3CCCC2C3)SC1NC(=O)C(=O)NOC(C)C. The first kappa shape index (κ1) is 19.8. The van der Waals surface area contributed by atoms with Gasteiger partial charge in [-0.05, 0) is 39.2 Å². The number of carbonyl (C=O) groups is 3. The molecule has 0 aromatic heterocycles. The highest BCUT2D eigenvalue weighted by Gasteiger charge is 2.43. The Morgan fingerprint density at radius 3 is 2.81 bits per heavy atom. The molecule has 0 saturated carbocycles. The van der Waals surface area contributed by atoms with Gasteiger partial charge in [0.05, 0.1) is 18.3 Å². The number of amides is 2. The third kappa shape index (κ3) is 4.30. The molecule has 8 nitrogen and oxygen atoms in total. The van der Waals surface area contributed by atoms with E-state index in [1.165, 1.54) is 11.8 Å². The van der Waals surface area contributed by atoms with Gasteiger partial charge in [0.15, 0.2) is 0 Å². The van der Waals surface area contributed by atoms with Gasteiger partial charge in [0.2, 0.25) is 0 Å². The second-order valence-electron chi connectivity index (χ2n) is 6.94. The highest BCUT2D eigenvalue weighted by Crippen LogP contribution is 2.49. The molecule has 1 fully saturated rings. The Morgan fingerprint density at radius 1 is 1.33 bits per heavy atom. The minimum absolute atomic E-state index is 0.241. The number of hydrogen-bond acceptors (Lipinski definition) is 7. The van der Waals surface area contributed by atoms with E-state index in [9.17, 15) is 14.4 Å². The number of nitrogens with zero attached hydrogens (tertiary/aromatic N) is 1. The first-order valence-electron chi connectivity index (χ1n) is 9.21. The third-order valence-corrected chi connectivity index (χ3v) is 5.74. The highest BCUT2D eigenvalue weighted by atomic mass is 32.2. The van der Waals surface area contributed by atoms with Gasteiger partial charge in [-0.2, -0.15) is 0 Å². The largest absolute Gasteiger partial charge is 0.463 e. The first-order valence-corrected chi connectivity index (χ1v) is 10.1. The van der Waals surface area contributed by atoms with Gasteiger partial charge in [-0.15, -0.1) is 0 Å². The maximum Gasteiger partial charge on any atom is 0.337 e. The molecule has 0 radical (unpaired) electrons. The standard InChI is InChI=1S/C18H25N3O5S/c1-4-25-18(24)14-13-11-6-5-7-21(8-11)9-12(13)27-17(14)19-15(22)16(23)20-26-10(2)3/h9-11,17H,4-8H2,1-3H3,(H,19,22)(H,20,23). The number of hydroxylamine groups is 1. The van der Waals surface area contributed by atoms with Crippen molar-refractivity contribution in [2.24, 2.45) is 5.92 Å². The summed E-state index contributed by atoms with van der Waals surface area (Å²) in [5.74, 6) is -1.95. The Morgan fingerprint density at radius 2 is 2.11 bits per heavy atom. The van der Waals surface area contributed by atoms with Gasteiger partial charge >= 0.3 is 17.8 Å². The van der Waals surface area contributed by atoms with Crippen molar-refractivity contribution in [1.29, 1.82) is 0 Å². The minimum Gasteiger partial charge on any atom is -0.463 e. The number of rotatable bonds is 5. The molecule has 2 N–H and O–H groups in total. The van der Waals surface area contributed by atoms with Crippen molar-refractivity contribution in [2.75, 3.05) is 19.7 Å². The molecule has 3 heterocycles. The molecule has 3 aliphatic rings. The van der Waals surface area contributed by atoms with E-state index in [1.807, 2.05) is 6.20 Å². The second kappa shape index (κ2) is 8.35. The fourth-order valence-corrected chi connectivity index (χ4v) is 4.87. The van der Waals surface area contributed by atoms with E-state index in [0.717, 1.165) is 36.4 Å². The Labute approximate surface area is 162 Å². The monoisotopic (exact) mass is 395 g/mol. The van der Waals surface area contributed by atoms with Crippen LogP contribution in [0.1, 0.15) is 33.6 Å². The van der Waals surface area contributed by atoms with Gasteiger partial charge in [0.1, 0.15) is 5.37 Å². The number of allylic oxidation sites excluding steroid dienone is 1.